The van der Waals surface area contributed by atoms with Gasteiger partial charge in [-0.05, 0) is 6.07 Å². The third kappa shape index (κ3) is 1.78. The van der Waals surface area contributed by atoms with Crippen LogP contribution in [0.1, 0.15) is 0 Å². The molecule has 0 aliphatic heterocycles. The summed E-state index contributed by atoms with van der Waals surface area (Å²) in [6.45, 7) is -0.166. The van der Waals surface area contributed by atoms with Crippen LogP contribution in [0.3, 0.4) is 0 Å². The molecule has 0 unspecified atom stereocenters. The molecule has 1 rings (SSSR count). The van der Waals surface area contributed by atoms with E-state index in [2.05, 4.69) is 0 Å². The summed E-state index contributed by atoms with van der Waals surface area (Å²) in [5, 5.41) is 10.3. The van der Waals surface area contributed by atoms with E-state index in [0.717, 1.165) is 10.6 Å². The van der Waals surface area contributed by atoms with Gasteiger partial charge in [0.25, 0.3) is 0 Å². The number of nitro groups is 1. The molecule has 0 aliphatic carbocycles. The van der Waals surface area contributed by atoms with Gasteiger partial charge in [-0.15, -0.1) is 0 Å². The van der Waals surface area contributed by atoms with Crippen LogP contribution < -0.4 is 5.56 Å². The highest BCUT2D eigenvalue weighted by atomic mass is 16.6. The maximum atomic E-state index is 11.2. The molecule has 0 fully saturated rings. The summed E-state index contributed by atoms with van der Waals surface area (Å²) >= 11 is 0. The Balaban J connectivity index is 3.26. The molecule has 0 spiro atoms. The highest BCUT2D eigenvalue weighted by molar-refractivity contribution is 5.49. The van der Waals surface area contributed by atoms with Crippen LogP contribution in [-0.2, 0) is 11.3 Å². The van der Waals surface area contributed by atoms with Gasteiger partial charge in [0.15, 0.2) is 0 Å². The van der Waals surface area contributed by atoms with Gasteiger partial charge in [0, 0.05) is 12.3 Å². The standard InChI is InChI=1S/C7H6N2O4/c10-5-4-8-3-1-2-6(7(8)11)9(12)13/h1-3,5H,4H2. The number of carbonyl (C=O) groups is 1. The predicted molar refractivity (Wildman–Crippen MR) is 43.4 cm³/mol. The van der Waals surface area contributed by atoms with E-state index in [0.29, 0.717) is 6.29 Å². The van der Waals surface area contributed by atoms with E-state index in [1.54, 1.807) is 0 Å². The fraction of sp³-hybridized carbons (Fsp3) is 0.143. The molecule has 68 valence electrons. The van der Waals surface area contributed by atoms with Crippen molar-refractivity contribution in [2.75, 3.05) is 0 Å². The van der Waals surface area contributed by atoms with Crippen LogP contribution in [-0.4, -0.2) is 15.8 Å². The van der Waals surface area contributed by atoms with Crippen molar-refractivity contribution in [2.45, 2.75) is 6.54 Å². The summed E-state index contributed by atoms with van der Waals surface area (Å²) in [6, 6.07) is 2.45. The van der Waals surface area contributed by atoms with Crippen molar-refractivity contribution in [3.05, 3.63) is 38.8 Å². The maximum absolute atomic E-state index is 11.2. The van der Waals surface area contributed by atoms with Gasteiger partial charge in [-0.3, -0.25) is 14.9 Å². The second-order valence-electron chi connectivity index (χ2n) is 2.27. The predicted octanol–water partition coefficient (Wildman–Crippen LogP) is -0.0446. The number of nitrogens with zero attached hydrogens (tertiary/aromatic N) is 2. The molecule has 0 saturated heterocycles. The van der Waals surface area contributed by atoms with Crippen molar-refractivity contribution in [3.8, 4) is 0 Å². The van der Waals surface area contributed by atoms with E-state index in [1.165, 1.54) is 12.3 Å². The van der Waals surface area contributed by atoms with Crippen molar-refractivity contribution in [3.63, 3.8) is 0 Å². The molecule has 1 aromatic heterocycles. The number of aromatic nitrogens is 1. The van der Waals surface area contributed by atoms with E-state index < -0.39 is 16.2 Å². The molecule has 0 radical (unpaired) electrons. The average Bonchev–Trinajstić information content (AvgIpc) is 2.08. The first-order valence-electron chi connectivity index (χ1n) is 3.44. The zero-order chi connectivity index (χ0) is 9.84. The maximum Gasteiger partial charge on any atom is 0.334 e. The zero-order valence-corrected chi connectivity index (χ0v) is 6.54. The molecule has 0 saturated carbocycles. The second kappa shape index (κ2) is 3.61. The molecule has 0 aliphatic rings. The Kier molecular flexibility index (Phi) is 2.53. The first-order chi connectivity index (χ1) is 6.16. The average molecular weight is 182 g/mol. The van der Waals surface area contributed by atoms with Crippen LogP contribution in [0, 0.1) is 10.1 Å². The topological polar surface area (TPSA) is 82.2 Å². The Bertz CT molecular complexity index is 396. The van der Waals surface area contributed by atoms with Gasteiger partial charge in [-0.25, -0.2) is 0 Å². The fourth-order valence-corrected chi connectivity index (χ4v) is 0.887. The lowest BCUT2D eigenvalue weighted by Gasteiger charge is -1.97. The van der Waals surface area contributed by atoms with Crippen LogP contribution in [0.25, 0.3) is 0 Å². The third-order valence-corrected chi connectivity index (χ3v) is 1.47. The highest BCUT2D eigenvalue weighted by Crippen LogP contribution is 2.00. The molecule has 0 bridgehead atoms. The van der Waals surface area contributed by atoms with Crippen LogP contribution in [0.5, 0.6) is 0 Å². The van der Waals surface area contributed by atoms with E-state index in [-0.39, 0.29) is 6.54 Å². The molecular formula is C7H6N2O4. The summed E-state index contributed by atoms with van der Waals surface area (Å²) in [5.74, 6) is 0. The lowest BCUT2D eigenvalue weighted by molar-refractivity contribution is -0.386. The number of pyridine rings is 1. The van der Waals surface area contributed by atoms with Crippen LogP contribution in [0.15, 0.2) is 23.1 Å². The molecular weight excluding hydrogens is 176 g/mol. The number of rotatable bonds is 3. The van der Waals surface area contributed by atoms with Gasteiger partial charge in [-0.2, -0.15) is 0 Å². The molecule has 1 heterocycles. The molecule has 0 amide bonds. The molecule has 6 heteroatoms. The number of hydrogen-bond donors (Lipinski definition) is 0. The first-order valence-corrected chi connectivity index (χ1v) is 3.44. The van der Waals surface area contributed by atoms with Gasteiger partial charge in [0.05, 0.1) is 11.5 Å². The van der Waals surface area contributed by atoms with E-state index >= 15 is 0 Å². The fourth-order valence-electron chi connectivity index (χ4n) is 0.887. The molecule has 6 nitrogen and oxygen atoms in total. The summed E-state index contributed by atoms with van der Waals surface area (Å²) < 4.78 is 0.977. The molecule has 0 N–H and O–H groups in total. The lowest BCUT2D eigenvalue weighted by atomic mass is 10.4. The van der Waals surface area contributed by atoms with Crippen molar-refractivity contribution in [1.29, 1.82) is 0 Å². The molecule has 0 atom stereocenters. The third-order valence-electron chi connectivity index (χ3n) is 1.47. The minimum atomic E-state index is -0.774. The highest BCUT2D eigenvalue weighted by Gasteiger charge is 2.12. The Morgan fingerprint density at radius 3 is 2.85 bits per heavy atom. The van der Waals surface area contributed by atoms with Gasteiger partial charge in [0.1, 0.15) is 6.29 Å². The summed E-state index contributed by atoms with van der Waals surface area (Å²) in [6.07, 6.45) is 1.83. The van der Waals surface area contributed by atoms with Gasteiger partial charge in [-0.1, -0.05) is 0 Å². The first kappa shape index (κ1) is 9.11. The monoisotopic (exact) mass is 182 g/mol. The SMILES string of the molecule is O=CCn1cccc([N+](=O)[O-])c1=O. The number of aldehydes is 1. The summed E-state index contributed by atoms with van der Waals surface area (Å²) in [4.78, 5) is 30.7. The van der Waals surface area contributed by atoms with Crippen molar-refractivity contribution in [1.82, 2.24) is 4.57 Å². The Morgan fingerprint density at radius 2 is 2.31 bits per heavy atom. The number of hydrogen-bond acceptors (Lipinski definition) is 4. The van der Waals surface area contributed by atoms with Crippen molar-refractivity contribution >= 4 is 12.0 Å². The Morgan fingerprint density at radius 1 is 1.62 bits per heavy atom. The zero-order valence-electron chi connectivity index (χ0n) is 6.54. The second-order valence-corrected chi connectivity index (χ2v) is 2.27. The van der Waals surface area contributed by atoms with Crippen LogP contribution >= 0.6 is 0 Å². The van der Waals surface area contributed by atoms with E-state index in [9.17, 15) is 19.7 Å². The quantitative estimate of drug-likeness (QED) is 0.373. The smallest absolute Gasteiger partial charge is 0.303 e. The van der Waals surface area contributed by atoms with Gasteiger partial charge >= 0.3 is 11.2 Å². The molecule has 0 aromatic carbocycles. The Labute approximate surface area is 72.6 Å². The van der Waals surface area contributed by atoms with Crippen molar-refractivity contribution in [2.24, 2.45) is 0 Å². The lowest BCUT2D eigenvalue weighted by Crippen LogP contribution is -2.22. The minimum absolute atomic E-state index is 0.166. The van der Waals surface area contributed by atoms with Crippen molar-refractivity contribution < 1.29 is 9.72 Å². The number of carbonyl (C=O) groups excluding carboxylic acids is 1. The summed E-state index contributed by atoms with van der Waals surface area (Å²) in [7, 11) is 0. The van der Waals surface area contributed by atoms with E-state index in [4.69, 9.17) is 0 Å². The van der Waals surface area contributed by atoms with Crippen LogP contribution in [0.2, 0.25) is 0 Å². The largest absolute Gasteiger partial charge is 0.334 e. The Hall–Kier alpha value is -1.98. The van der Waals surface area contributed by atoms with Crippen LogP contribution in [0.4, 0.5) is 5.69 Å². The van der Waals surface area contributed by atoms with Gasteiger partial charge in [0.2, 0.25) is 0 Å². The normalized spacial score (nSPS) is 9.54. The van der Waals surface area contributed by atoms with E-state index in [1.807, 2.05) is 0 Å². The molecule has 1 aromatic rings. The summed E-state index contributed by atoms with van der Waals surface area (Å²) in [5.41, 5.74) is -1.29. The van der Waals surface area contributed by atoms with Gasteiger partial charge < -0.3 is 9.36 Å². The molecule has 13 heavy (non-hydrogen) atoms. The minimum Gasteiger partial charge on any atom is -0.303 e.